The molecule has 0 aliphatic heterocycles. The topological polar surface area (TPSA) is 52.0 Å². The van der Waals surface area contributed by atoms with Gasteiger partial charge in [-0.25, -0.2) is 8.78 Å². The third-order valence-electron chi connectivity index (χ3n) is 2.10. The maximum Gasteiger partial charge on any atom is 0.163 e. The van der Waals surface area contributed by atoms with Crippen LogP contribution in [-0.4, -0.2) is 6.54 Å². The van der Waals surface area contributed by atoms with E-state index in [2.05, 4.69) is 0 Å². The second kappa shape index (κ2) is 6.71. The zero-order valence-corrected chi connectivity index (χ0v) is 9.07. The van der Waals surface area contributed by atoms with E-state index in [0.717, 1.165) is 6.07 Å². The van der Waals surface area contributed by atoms with Gasteiger partial charge in [0.15, 0.2) is 11.6 Å². The quantitative estimate of drug-likeness (QED) is 0.842. The van der Waals surface area contributed by atoms with Gasteiger partial charge in [-0.3, -0.25) is 0 Å². The van der Waals surface area contributed by atoms with Crippen molar-refractivity contribution in [2.75, 3.05) is 6.54 Å². The lowest BCUT2D eigenvalue weighted by molar-refractivity contribution is 0.481. The van der Waals surface area contributed by atoms with E-state index >= 15 is 0 Å². The predicted octanol–water partition coefficient (Wildman–Crippen LogP) is 2.13. The average molecular weight is 237 g/mol. The second-order valence-electron chi connectivity index (χ2n) is 3.18. The fourth-order valence-electron chi connectivity index (χ4n) is 1.30. The van der Waals surface area contributed by atoms with Crippen molar-refractivity contribution >= 4 is 12.4 Å². The van der Waals surface area contributed by atoms with Gasteiger partial charge in [-0.1, -0.05) is 12.1 Å². The van der Waals surface area contributed by atoms with Crippen molar-refractivity contribution in [1.29, 1.82) is 0 Å². The van der Waals surface area contributed by atoms with E-state index in [1.807, 2.05) is 0 Å². The molecule has 0 bridgehead atoms. The number of benzene rings is 1. The van der Waals surface area contributed by atoms with Crippen LogP contribution < -0.4 is 11.5 Å². The zero-order chi connectivity index (χ0) is 10.6. The van der Waals surface area contributed by atoms with Crippen LogP contribution in [0.4, 0.5) is 8.78 Å². The summed E-state index contributed by atoms with van der Waals surface area (Å²) in [5.74, 6) is -1.71. The zero-order valence-electron chi connectivity index (χ0n) is 8.25. The van der Waals surface area contributed by atoms with E-state index in [-0.39, 0.29) is 18.0 Å². The minimum Gasteiger partial charge on any atom is -0.330 e. The van der Waals surface area contributed by atoms with E-state index in [9.17, 15) is 8.78 Å². The molecule has 0 saturated carbocycles. The van der Waals surface area contributed by atoms with Gasteiger partial charge in [-0.2, -0.15) is 0 Å². The van der Waals surface area contributed by atoms with Crippen LogP contribution in [0, 0.1) is 11.6 Å². The Morgan fingerprint density at radius 1 is 1.27 bits per heavy atom. The number of nitrogens with two attached hydrogens (primary N) is 2. The Bertz CT molecular complexity index is 307. The first-order valence-electron chi connectivity index (χ1n) is 4.56. The average Bonchev–Trinajstić information content (AvgIpc) is 2.18. The monoisotopic (exact) mass is 236 g/mol. The molecule has 4 N–H and O–H groups in total. The van der Waals surface area contributed by atoms with Crippen LogP contribution >= 0.6 is 12.4 Å². The van der Waals surface area contributed by atoms with Gasteiger partial charge in [0.25, 0.3) is 0 Å². The van der Waals surface area contributed by atoms with Crippen molar-refractivity contribution in [1.82, 2.24) is 0 Å². The van der Waals surface area contributed by atoms with Crippen molar-refractivity contribution in [3.05, 3.63) is 35.4 Å². The van der Waals surface area contributed by atoms with Crippen LogP contribution in [0.25, 0.3) is 0 Å². The summed E-state index contributed by atoms with van der Waals surface area (Å²) in [5, 5.41) is 0. The summed E-state index contributed by atoms with van der Waals surface area (Å²) in [6.45, 7) is 0.505. The highest BCUT2D eigenvalue weighted by Gasteiger charge is 2.13. The number of halogens is 3. The summed E-state index contributed by atoms with van der Waals surface area (Å²) in [4.78, 5) is 0. The number of hydrogen-bond acceptors (Lipinski definition) is 2. The molecule has 0 aliphatic carbocycles. The summed E-state index contributed by atoms with van der Waals surface area (Å²) in [5.41, 5.74) is 11.2. The van der Waals surface area contributed by atoms with E-state index in [1.165, 1.54) is 12.1 Å². The van der Waals surface area contributed by atoms with Crippen molar-refractivity contribution in [3.63, 3.8) is 0 Å². The molecule has 5 heteroatoms. The molecule has 1 aromatic rings. The Hall–Kier alpha value is -0.710. The number of rotatable bonds is 4. The van der Waals surface area contributed by atoms with Crippen LogP contribution in [0.1, 0.15) is 24.4 Å². The summed E-state index contributed by atoms with van der Waals surface area (Å²) in [7, 11) is 0. The maximum atomic E-state index is 13.2. The van der Waals surface area contributed by atoms with Crippen molar-refractivity contribution < 1.29 is 8.78 Å². The lowest BCUT2D eigenvalue weighted by Crippen LogP contribution is -2.14. The molecule has 86 valence electrons. The largest absolute Gasteiger partial charge is 0.330 e. The highest BCUT2D eigenvalue weighted by Crippen LogP contribution is 2.20. The van der Waals surface area contributed by atoms with E-state index in [4.69, 9.17) is 11.5 Å². The molecule has 0 aromatic heterocycles. The molecule has 0 spiro atoms. The van der Waals surface area contributed by atoms with Gasteiger partial charge in [0.05, 0.1) is 0 Å². The summed E-state index contributed by atoms with van der Waals surface area (Å²) in [6.07, 6.45) is 1.27. The minimum atomic E-state index is -0.856. The Kier molecular flexibility index (Phi) is 6.40. The van der Waals surface area contributed by atoms with Gasteiger partial charge < -0.3 is 11.5 Å². The van der Waals surface area contributed by atoms with Gasteiger partial charge in [0.2, 0.25) is 0 Å². The van der Waals surface area contributed by atoms with E-state index in [0.29, 0.717) is 19.4 Å². The Labute approximate surface area is 94.1 Å². The molecule has 2 nitrogen and oxygen atoms in total. The van der Waals surface area contributed by atoms with Gasteiger partial charge in [0.1, 0.15) is 0 Å². The Balaban J connectivity index is 0.00000196. The molecule has 0 amide bonds. The summed E-state index contributed by atoms with van der Waals surface area (Å²) in [6, 6.07) is 3.55. The first kappa shape index (κ1) is 14.3. The van der Waals surface area contributed by atoms with Gasteiger partial charge >= 0.3 is 0 Å². The lowest BCUT2D eigenvalue weighted by atomic mass is 10.0. The van der Waals surface area contributed by atoms with Crippen LogP contribution in [0.15, 0.2) is 18.2 Å². The fourth-order valence-corrected chi connectivity index (χ4v) is 1.30. The first-order valence-corrected chi connectivity index (χ1v) is 4.56. The molecular weight excluding hydrogens is 222 g/mol. The standard InChI is InChI=1S/C10H14F2N2.ClH/c11-8-4-1-3-7(10(8)12)9(14)5-2-6-13;/h1,3-4,9H,2,5-6,13-14H2;1H/t9-;/m0./s1. The molecular formula is C10H15ClF2N2. The smallest absolute Gasteiger partial charge is 0.163 e. The molecule has 0 heterocycles. The third kappa shape index (κ3) is 3.74. The molecule has 1 atom stereocenters. The number of hydrogen-bond donors (Lipinski definition) is 2. The van der Waals surface area contributed by atoms with Gasteiger partial charge in [-0.05, 0) is 25.5 Å². The SMILES string of the molecule is Cl.NCCC[C@H](N)c1cccc(F)c1F. The van der Waals surface area contributed by atoms with Crippen molar-refractivity contribution in [2.24, 2.45) is 11.5 Å². The van der Waals surface area contributed by atoms with Gasteiger partial charge in [-0.15, -0.1) is 12.4 Å². The van der Waals surface area contributed by atoms with Crippen LogP contribution in [0.2, 0.25) is 0 Å². The minimum absolute atomic E-state index is 0. The second-order valence-corrected chi connectivity index (χ2v) is 3.18. The highest BCUT2D eigenvalue weighted by molar-refractivity contribution is 5.85. The van der Waals surface area contributed by atoms with Crippen LogP contribution in [0.3, 0.4) is 0 Å². The highest BCUT2D eigenvalue weighted by atomic mass is 35.5. The molecule has 0 aliphatic rings. The molecule has 0 radical (unpaired) electrons. The van der Waals surface area contributed by atoms with Crippen LogP contribution in [-0.2, 0) is 0 Å². The van der Waals surface area contributed by atoms with Gasteiger partial charge in [0, 0.05) is 11.6 Å². The molecule has 15 heavy (non-hydrogen) atoms. The molecule has 0 unspecified atom stereocenters. The predicted molar refractivity (Wildman–Crippen MR) is 58.8 cm³/mol. The fraction of sp³-hybridized carbons (Fsp3) is 0.400. The Morgan fingerprint density at radius 3 is 2.53 bits per heavy atom. The summed E-state index contributed by atoms with van der Waals surface area (Å²) < 4.78 is 26.0. The van der Waals surface area contributed by atoms with E-state index < -0.39 is 17.7 Å². The lowest BCUT2D eigenvalue weighted by Gasteiger charge is -2.12. The Morgan fingerprint density at radius 2 is 1.93 bits per heavy atom. The van der Waals surface area contributed by atoms with Crippen molar-refractivity contribution in [2.45, 2.75) is 18.9 Å². The molecule has 1 aromatic carbocycles. The first-order chi connectivity index (χ1) is 6.66. The normalized spacial score (nSPS) is 12.0. The maximum absolute atomic E-state index is 13.2. The van der Waals surface area contributed by atoms with Crippen LogP contribution in [0.5, 0.6) is 0 Å². The van der Waals surface area contributed by atoms with Crippen molar-refractivity contribution in [3.8, 4) is 0 Å². The molecule has 0 fully saturated rings. The summed E-state index contributed by atoms with van der Waals surface area (Å²) >= 11 is 0. The molecule has 0 saturated heterocycles. The van der Waals surface area contributed by atoms with E-state index in [1.54, 1.807) is 0 Å². The molecule has 1 rings (SSSR count). The third-order valence-corrected chi connectivity index (χ3v) is 2.10.